The van der Waals surface area contributed by atoms with Gasteiger partial charge in [-0.1, -0.05) is 26.0 Å². The van der Waals surface area contributed by atoms with Crippen LogP contribution >= 0.6 is 0 Å². The van der Waals surface area contributed by atoms with Gasteiger partial charge in [0.25, 0.3) is 0 Å². The Balaban J connectivity index is 2.79. The van der Waals surface area contributed by atoms with Gasteiger partial charge in [0.2, 0.25) is 0 Å². The van der Waals surface area contributed by atoms with Crippen LogP contribution in [0.4, 0.5) is 0 Å². The zero-order valence-electron chi connectivity index (χ0n) is 13.5. The lowest BCUT2D eigenvalue weighted by Crippen LogP contribution is -2.37. The summed E-state index contributed by atoms with van der Waals surface area (Å²) in [6, 6.07) is 7.27. The highest BCUT2D eigenvalue weighted by atomic mass is 32.2. The first-order valence-corrected chi connectivity index (χ1v) is 9.17. The van der Waals surface area contributed by atoms with Crippen LogP contribution in [-0.4, -0.2) is 38.2 Å². The number of rotatable bonds is 8. The second kappa shape index (κ2) is 7.92. The highest BCUT2D eigenvalue weighted by molar-refractivity contribution is 7.91. The molecule has 4 nitrogen and oxygen atoms in total. The van der Waals surface area contributed by atoms with E-state index in [1.54, 1.807) is 18.2 Å². The van der Waals surface area contributed by atoms with E-state index in [9.17, 15) is 8.42 Å². The van der Waals surface area contributed by atoms with Crippen molar-refractivity contribution < 1.29 is 8.42 Å². The van der Waals surface area contributed by atoms with Gasteiger partial charge >= 0.3 is 0 Å². The Labute approximate surface area is 129 Å². The maximum Gasteiger partial charge on any atom is 0.179 e. The monoisotopic (exact) mass is 312 g/mol. The lowest BCUT2D eigenvalue weighted by Gasteiger charge is -2.28. The van der Waals surface area contributed by atoms with Gasteiger partial charge in [0, 0.05) is 25.7 Å². The fourth-order valence-electron chi connectivity index (χ4n) is 2.25. The van der Waals surface area contributed by atoms with Crippen LogP contribution in [0.3, 0.4) is 0 Å². The van der Waals surface area contributed by atoms with Crippen LogP contribution in [0.5, 0.6) is 0 Å². The Kier molecular flexibility index (Phi) is 6.84. The van der Waals surface area contributed by atoms with E-state index in [1.165, 1.54) is 0 Å². The smallest absolute Gasteiger partial charge is 0.179 e. The predicted molar refractivity (Wildman–Crippen MR) is 87.9 cm³/mol. The Hall–Kier alpha value is -0.910. The average Bonchev–Trinajstić information content (AvgIpc) is 2.43. The van der Waals surface area contributed by atoms with E-state index in [4.69, 9.17) is 5.73 Å². The van der Waals surface area contributed by atoms with E-state index in [-0.39, 0.29) is 5.75 Å². The van der Waals surface area contributed by atoms with Gasteiger partial charge in [-0.05, 0) is 37.5 Å². The number of nitrogens with two attached hydrogens (primary N) is 1. The van der Waals surface area contributed by atoms with Crippen LogP contribution in [0.1, 0.15) is 33.3 Å². The third-order valence-corrected chi connectivity index (χ3v) is 5.16. The van der Waals surface area contributed by atoms with Crippen LogP contribution in [0, 0.1) is 5.92 Å². The highest BCUT2D eigenvalue weighted by Gasteiger charge is 2.18. The summed E-state index contributed by atoms with van der Waals surface area (Å²) in [5.74, 6) is 0.669. The van der Waals surface area contributed by atoms with Gasteiger partial charge in [-0.15, -0.1) is 0 Å². The van der Waals surface area contributed by atoms with Crippen LogP contribution in [0.15, 0.2) is 29.2 Å². The Bertz CT molecular complexity index is 539. The van der Waals surface area contributed by atoms with Crippen molar-refractivity contribution in [3.05, 3.63) is 29.8 Å². The molecule has 1 rings (SSSR count). The molecule has 0 spiro atoms. The van der Waals surface area contributed by atoms with Gasteiger partial charge < -0.3 is 5.73 Å². The maximum absolute atomic E-state index is 12.4. The first kappa shape index (κ1) is 18.1. The molecule has 1 aromatic rings. The molecule has 5 heteroatoms. The van der Waals surface area contributed by atoms with Crippen molar-refractivity contribution in [2.75, 3.05) is 18.8 Å². The molecule has 1 aromatic carbocycles. The Morgan fingerprint density at radius 1 is 1.19 bits per heavy atom. The fourth-order valence-corrected chi connectivity index (χ4v) is 3.58. The number of sulfone groups is 1. The third-order valence-electron chi connectivity index (χ3n) is 3.47. The standard InChI is InChI=1S/C16H28N2O2S/c1-13(2)12-18(14(3)4)8-9-21(19,20)16-7-5-6-15(10-16)11-17/h5-7,10,13-14H,8-9,11-12,17H2,1-4H3. The molecule has 0 fully saturated rings. The van der Waals surface area contributed by atoms with Crippen molar-refractivity contribution in [1.82, 2.24) is 4.90 Å². The Morgan fingerprint density at radius 3 is 2.38 bits per heavy atom. The van der Waals surface area contributed by atoms with E-state index >= 15 is 0 Å². The molecule has 0 atom stereocenters. The molecule has 21 heavy (non-hydrogen) atoms. The molecule has 0 aliphatic rings. The normalized spacial score (nSPS) is 12.6. The van der Waals surface area contributed by atoms with E-state index in [0.29, 0.717) is 29.9 Å². The van der Waals surface area contributed by atoms with Gasteiger partial charge in [-0.3, -0.25) is 4.90 Å². The summed E-state index contributed by atoms with van der Waals surface area (Å²) in [6.07, 6.45) is 0. The minimum absolute atomic E-state index is 0.145. The second-order valence-electron chi connectivity index (χ2n) is 6.15. The summed E-state index contributed by atoms with van der Waals surface area (Å²) < 4.78 is 24.9. The summed E-state index contributed by atoms with van der Waals surface area (Å²) in [5.41, 5.74) is 6.42. The van der Waals surface area contributed by atoms with Crippen LogP contribution in [0.2, 0.25) is 0 Å². The first-order chi connectivity index (χ1) is 9.76. The van der Waals surface area contributed by atoms with Crippen molar-refractivity contribution in [3.8, 4) is 0 Å². The van der Waals surface area contributed by atoms with Gasteiger partial charge in [-0.25, -0.2) is 8.42 Å². The van der Waals surface area contributed by atoms with E-state index in [2.05, 4.69) is 32.6 Å². The van der Waals surface area contributed by atoms with Crippen molar-refractivity contribution in [2.45, 2.75) is 45.2 Å². The fraction of sp³-hybridized carbons (Fsp3) is 0.625. The maximum atomic E-state index is 12.4. The average molecular weight is 312 g/mol. The molecule has 0 saturated heterocycles. The Morgan fingerprint density at radius 2 is 1.86 bits per heavy atom. The number of hydrogen-bond donors (Lipinski definition) is 1. The molecule has 0 aliphatic heterocycles. The highest BCUT2D eigenvalue weighted by Crippen LogP contribution is 2.14. The number of nitrogens with zero attached hydrogens (tertiary/aromatic N) is 1. The molecule has 2 N–H and O–H groups in total. The van der Waals surface area contributed by atoms with E-state index in [0.717, 1.165) is 12.1 Å². The van der Waals surface area contributed by atoms with Crippen molar-refractivity contribution in [1.29, 1.82) is 0 Å². The summed E-state index contributed by atoms with van der Waals surface area (Å²) in [7, 11) is -3.25. The number of hydrogen-bond acceptors (Lipinski definition) is 4. The lowest BCUT2D eigenvalue weighted by atomic mass is 10.2. The van der Waals surface area contributed by atoms with Gasteiger partial charge in [-0.2, -0.15) is 0 Å². The van der Waals surface area contributed by atoms with E-state index in [1.807, 2.05) is 6.07 Å². The molecule has 0 amide bonds. The van der Waals surface area contributed by atoms with Crippen molar-refractivity contribution >= 4 is 9.84 Å². The summed E-state index contributed by atoms with van der Waals surface area (Å²) in [4.78, 5) is 2.59. The summed E-state index contributed by atoms with van der Waals surface area (Å²) in [5, 5.41) is 0. The molecular formula is C16H28N2O2S. The molecule has 0 aromatic heterocycles. The third kappa shape index (κ3) is 5.77. The topological polar surface area (TPSA) is 63.4 Å². The number of benzene rings is 1. The second-order valence-corrected chi connectivity index (χ2v) is 8.26. The SMILES string of the molecule is CC(C)CN(CCS(=O)(=O)c1cccc(CN)c1)C(C)C. The largest absolute Gasteiger partial charge is 0.326 e. The first-order valence-electron chi connectivity index (χ1n) is 7.52. The zero-order chi connectivity index (χ0) is 16.0. The molecule has 0 heterocycles. The van der Waals surface area contributed by atoms with Gasteiger partial charge in [0.05, 0.1) is 10.6 Å². The summed E-state index contributed by atoms with van der Waals surface area (Å²) in [6.45, 7) is 10.3. The zero-order valence-corrected chi connectivity index (χ0v) is 14.4. The predicted octanol–water partition coefficient (Wildman–Crippen LogP) is 2.29. The lowest BCUT2D eigenvalue weighted by molar-refractivity contribution is 0.209. The quantitative estimate of drug-likeness (QED) is 0.800. The van der Waals surface area contributed by atoms with Crippen LogP contribution < -0.4 is 5.73 Å². The molecule has 0 saturated carbocycles. The van der Waals surface area contributed by atoms with Crippen molar-refractivity contribution in [2.24, 2.45) is 11.7 Å². The van der Waals surface area contributed by atoms with Crippen LogP contribution in [0.25, 0.3) is 0 Å². The minimum atomic E-state index is -3.25. The molecule has 120 valence electrons. The molecule has 0 radical (unpaired) electrons. The molecule has 0 unspecified atom stereocenters. The minimum Gasteiger partial charge on any atom is -0.326 e. The summed E-state index contributed by atoms with van der Waals surface area (Å²) >= 11 is 0. The van der Waals surface area contributed by atoms with Gasteiger partial charge in [0.1, 0.15) is 0 Å². The molecule has 0 aliphatic carbocycles. The molecule has 0 bridgehead atoms. The van der Waals surface area contributed by atoms with Crippen molar-refractivity contribution in [3.63, 3.8) is 0 Å². The molecular weight excluding hydrogens is 284 g/mol. The van der Waals surface area contributed by atoms with E-state index < -0.39 is 9.84 Å². The van der Waals surface area contributed by atoms with Gasteiger partial charge in [0.15, 0.2) is 9.84 Å². The van der Waals surface area contributed by atoms with Crippen LogP contribution in [-0.2, 0) is 16.4 Å².